The predicted octanol–water partition coefficient (Wildman–Crippen LogP) is 1.31. The molecule has 2 rings (SSSR count). The lowest BCUT2D eigenvalue weighted by atomic mass is 10.2. The summed E-state index contributed by atoms with van der Waals surface area (Å²) < 4.78 is 6.78. The van der Waals surface area contributed by atoms with Crippen molar-refractivity contribution < 1.29 is 9.66 Å². The Hall–Kier alpha value is -1.63. The molecule has 94 valence electrons. The second kappa shape index (κ2) is 4.70. The molecule has 1 heterocycles. The molecule has 0 radical (unpaired) electrons. The molecule has 1 N–H and O–H groups in total. The van der Waals surface area contributed by atoms with Gasteiger partial charge in [0.25, 0.3) is 0 Å². The fraction of sp³-hybridized carbons (Fsp3) is 0.700. The van der Waals surface area contributed by atoms with Gasteiger partial charge in [-0.15, -0.1) is 5.10 Å². The number of aryl methyl sites for hydroxylation is 1. The number of methoxy groups -OCH3 is 1. The van der Waals surface area contributed by atoms with Crippen LogP contribution in [0.5, 0.6) is 0 Å². The van der Waals surface area contributed by atoms with E-state index in [0.717, 1.165) is 19.3 Å². The summed E-state index contributed by atoms with van der Waals surface area (Å²) in [5.41, 5.74) is 0.00857. The van der Waals surface area contributed by atoms with Gasteiger partial charge in [-0.3, -0.25) is 14.8 Å². The molecule has 1 fully saturated rings. The Bertz CT molecular complexity index is 418. The largest absolute Gasteiger partial charge is 0.379 e. The van der Waals surface area contributed by atoms with Gasteiger partial charge in [-0.2, -0.15) is 0 Å². The lowest BCUT2D eigenvalue weighted by Gasteiger charge is -2.18. The zero-order valence-electron chi connectivity index (χ0n) is 9.92. The SMILES string of the molecule is COC1CCCC1Nc1nn(C)cc1[N+](=O)[O-]. The molecule has 1 aliphatic carbocycles. The Balaban J connectivity index is 2.15. The third-order valence-corrected chi connectivity index (χ3v) is 3.08. The zero-order chi connectivity index (χ0) is 12.4. The number of anilines is 1. The minimum absolute atomic E-state index is 0.00857. The van der Waals surface area contributed by atoms with Crippen LogP contribution < -0.4 is 5.32 Å². The molecule has 7 nitrogen and oxygen atoms in total. The Morgan fingerprint density at radius 1 is 1.65 bits per heavy atom. The van der Waals surface area contributed by atoms with Crippen molar-refractivity contribution in [1.82, 2.24) is 9.78 Å². The smallest absolute Gasteiger partial charge is 0.330 e. The fourth-order valence-corrected chi connectivity index (χ4v) is 2.26. The molecule has 7 heteroatoms. The Morgan fingerprint density at radius 3 is 3.06 bits per heavy atom. The van der Waals surface area contributed by atoms with Crippen LogP contribution in [0.15, 0.2) is 6.20 Å². The summed E-state index contributed by atoms with van der Waals surface area (Å²) >= 11 is 0. The normalized spacial score (nSPS) is 23.9. The summed E-state index contributed by atoms with van der Waals surface area (Å²) in [5.74, 6) is 0.325. The number of nitrogens with one attached hydrogen (secondary N) is 1. The van der Waals surface area contributed by atoms with Crippen LogP contribution in [0, 0.1) is 10.1 Å². The van der Waals surface area contributed by atoms with Crippen molar-refractivity contribution in [3.63, 3.8) is 0 Å². The molecule has 1 aromatic rings. The molecule has 0 bridgehead atoms. The van der Waals surface area contributed by atoms with Crippen molar-refractivity contribution in [2.75, 3.05) is 12.4 Å². The first-order valence-electron chi connectivity index (χ1n) is 5.59. The molecule has 0 aromatic carbocycles. The third-order valence-electron chi connectivity index (χ3n) is 3.08. The monoisotopic (exact) mass is 240 g/mol. The first-order valence-corrected chi connectivity index (χ1v) is 5.59. The number of ether oxygens (including phenoxy) is 1. The van der Waals surface area contributed by atoms with E-state index in [1.165, 1.54) is 10.9 Å². The van der Waals surface area contributed by atoms with Crippen molar-refractivity contribution in [3.8, 4) is 0 Å². The maximum Gasteiger partial charge on any atom is 0.330 e. The highest BCUT2D eigenvalue weighted by Crippen LogP contribution is 2.28. The van der Waals surface area contributed by atoms with Crippen LogP contribution in [-0.2, 0) is 11.8 Å². The lowest BCUT2D eigenvalue weighted by molar-refractivity contribution is -0.384. The van der Waals surface area contributed by atoms with Crippen molar-refractivity contribution in [1.29, 1.82) is 0 Å². The molecule has 1 aliphatic rings. The highest BCUT2D eigenvalue weighted by atomic mass is 16.6. The van der Waals surface area contributed by atoms with Gasteiger partial charge in [0.05, 0.1) is 17.1 Å². The van der Waals surface area contributed by atoms with Crippen LogP contribution in [0.25, 0.3) is 0 Å². The lowest BCUT2D eigenvalue weighted by Crippen LogP contribution is -2.30. The number of nitrogens with zero attached hydrogens (tertiary/aromatic N) is 3. The highest BCUT2D eigenvalue weighted by molar-refractivity contribution is 5.55. The van der Waals surface area contributed by atoms with E-state index in [9.17, 15) is 10.1 Å². The molecule has 1 aromatic heterocycles. The van der Waals surface area contributed by atoms with Gasteiger partial charge in [-0.25, -0.2) is 0 Å². The first kappa shape index (κ1) is 11.8. The van der Waals surface area contributed by atoms with E-state index in [-0.39, 0.29) is 17.8 Å². The minimum Gasteiger partial charge on any atom is -0.379 e. The molecule has 2 unspecified atom stereocenters. The maximum atomic E-state index is 10.8. The second-order valence-corrected chi connectivity index (χ2v) is 4.25. The number of aromatic nitrogens is 2. The number of rotatable bonds is 4. The van der Waals surface area contributed by atoms with Gasteiger partial charge in [0.2, 0.25) is 5.82 Å². The molecule has 17 heavy (non-hydrogen) atoms. The molecule has 0 saturated heterocycles. The second-order valence-electron chi connectivity index (χ2n) is 4.25. The van der Waals surface area contributed by atoms with Crippen molar-refractivity contribution in [3.05, 3.63) is 16.3 Å². The van der Waals surface area contributed by atoms with Crippen LogP contribution in [0.4, 0.5) is 11.5 Å². The summed E-state index contributed by atoms with van der Waals surface area (Å²) in [4.78, 5) is 10.4. The molecular formula is C10H16N4O3. The first-order chi connectivity index (χ1) is 8.11. The number of hydrogen-bond donors (Lipinski definition) is 1. The van der Waals surface area contributed by atoms with Gasteiger partial charge in [0.1, 0.15) is 6.20 Å². The predicted molar refractivity (Wildman–Crippen MR) is 61.9 cm³/mol. The van der Waals surface area contributed by atoms with E-state index in [0.29, 0.717) is 5.82 Å². The Labute approximate surface area is 98.9 Å². The zero-order valence-corrected chi connectivity index (χ0v) is 9.92. The molecule has 0 aliphatic heterocycles. The van der Waals surface area contributed by atoms with Gasteiger partial charge >= 0.3 is 5.69 Å². The standard InChI is InChI=1S/C10H16N4O3/c1-13-6-8(14(15)16)10(12-13)11-7-4-3-5-9(7)17-2/h6-7,9H,3-5H2,1-2H3,(H,11,12). The summed E-state index contributed by atoms with van der Waals surface area (Å²) in [7, 11) is 3.33. The maximum absolute atomic E-state index is 10.8. The molecule has 1 saturated carbocycles. The van der Waals surface area contributed by atoms with Crippen LogP contribution >= 0.6 is 0 Å². The van der Waals surface area contributed by atoms with E-state index in [2.05, 4.69) is 10.4 Å². The number of hydrogen-bond acceptors (Lipinski definition) is 5. The Kier molecular flexibility index (Phi) is 3.28. The van der Waals surface area contributed by atoms with E-state index in [4.69, 9.17) is 4.74 Å². The summed E-state index contributed by atoms with van der Waals surface area (Å²) in [6.07, 6.45) is 4.51. The summed E-state index contributed by atoms with van der Waals surface area (Å²) in [5, 5.41) is 18.0. The van der Waals surface area contributed by atoms with E-state index >= 15 is 0 Å². The number of nitro groups is 1. The Morgan fingerprint density at radius 2 is 2.41 bits per heavy atom. The van der Waals surface area contributed by atoms with Gasteiger partial charge < -0.3 is 10.1 Å². The van der Waals surface area contributed by atoms with E-state index < -0.39 is 4.92 Å². The van der Waals surface area contributed by atoms with Gasteiger partial charge in [-0.05, 0) is 19.3 Å². The van der Waals surface area contributed by atoms with Crippen LogP contribution in [0.1, 0.15) is 19.3 Å². The molecule has 0 amide bonds. The van der Waals surface area contributed by atoms with Gasteiger partial charge in [0.15, 0.2) is 0 Å². The van der Waals surface area contributed by atoms with Gasteiger partial charge in [-0.1, -0.05) is 0 Å². The van der Waals surface area contributed by atoms with Crippen LogP contribution in [-0.4, -0.2) is 34.0 Å². The quantitative estimate of drug-likeness (QED) is 0.633. The average Bonchev–Trinajstić information content (AvgIpc) is 2.85. The van der Waals surface area contributed by atoms with Crippen molar-refractivity contribution >= 4 is 11.5 Å². The molecule has 0 spiro atoms. The van der Waals surface area contributed by atoms with E-state index in [1.807, 2.05) is 0 Å². The molecular weight excluding hydrogens is 224 g/mol. The minimum atomic E-state index is -0.425. The van der Waals surface area contributed by atoms with Crippen molar-refractivity contribution in [2.45, 2.75) is 31.4 Å². The third kappa shape index (κ3) is 2.38. The fourth-order valence-electron chi connectivity index (χ4n) is 2.26. The van der Waals surface area contributed by atoms with Crippen molar-refractivity contribution in [2.24, 2.45) is 7.05 Å². The van der Waals surface area contributed by atoms with Crippen LogP contribution in [0.3, 0.4) is 0 Å². The molecule has 2 atom stereocenters. The summed E-state index contributed by atoms with van der Waals surface area (Å²) in [6.45, 7) is 0. The van der Waals surface area contributed by atoms with E-state index in [1.54, 1.807) is 14.2 Å². The van der Waals surface area contributed by atoms with Crippen LogP contribution in [0.2, 0.25) is 0 Å². The van der Waals surface area contributed by atoms with Gasteiger partial charge in [0, 0.05) is 14.2 Å². The topological polar surface area (TPSA) is 82.2 Å². The average molecular weight is 240 g/mol. The highest BCUT2D eigenvalue weighted by Gasteiger charge is 2.30. The summed E-state index contributed by atoms with van der Waals surface area (Å²) in [6, 6.07) is 0.105.